The number of anilines is 2. The molecule has 0 saturated carbocycles. The summed E-state index contributed by atoms with van der Waals surface area (Å²) in [7, 11) is 0. The molecule has 29 heavy (non-hydrogen) atoms. The number of para-hydroxylation sites is 1. The van der Waals surface area contributed by atoms with Gasteiger partial charge in [0.25, 0.3) is 11.8 Å². The molecule has 0 radical (unpaired) electrons. The predicted octanol–water partition coefficient (Wildman–Crippen LogP) is 0.317. The number of nitrogens with one attached hydrogen (secondary N) is 4. The molecule has 1 saturated heterocycles. The molecule has 0 bridgehead atoms. The van der Waals surface area contributed by atoms with E-state index in [9.17, 15) is 9.59 Å². The number of carbonyl (C=O) groups excluding carboxylic acids is 2. The number of hydrogen-bond acceptors (Lipinski definition) is 2. The van der Waals surface area contributed by atoms with Crippen molar-refractivity contribution in [3.63, 3.8) is 0 Å². The first kappa shape index (κ1) is 21.3. The summed E-state index contributed by atoms with van der Waals surface area (Å²) in [4.78, 5) is 27.2. The Bertz CT molecular complexity index is 841. The highest BCUT2D eigenvalue weighted by Crippen LogP contribution is 2.18. The van der Waals surface area contributed by atoms with Crippen molar-refractivity contribution >= 4 is 34.8 Å². The van der Waals surface area contributed by atoms with Crippen LogP contribution in [0.4, 0.5) is 11.4 Å². The Balaban J connectivity index is 1.41. The molecule has 2 aromatic rings. The molecule has 0 unspecified atom stereocenters. The van der Waals surface area contributed by atoms with E-state index < -0.39 is 0 Å². The Morgan fingerprint density at radius 1 is 0.828 bits per heavy atom. The number of aryl methyl sites for hydroxylation is 2. The number of hydrogen-bond donors (Lipinski definition) is 4. The van der Waals surface area contributed by atoms with E-state index in [-0.39, 0.29) is 11.8 Å². The maximum absolute atomic E-state index is 12.5. The van der Waals surface area contributed by atoms with Crippen molar-refractivity contribution in [3.8, 4) is 0 Å². The highest BCUT2D eigenvalue weighted by molar-refractivity contribution is 6.30. The second kappa shape index (κ2) is 9.87. The Kier molecular flexibility index (Phi) is 7.25. The van der Waals surface area contributed by atoms with Gasteiger partial charge in [-0.3, -0.25) is 9.59 Å². The minimum Gasteiger partial charge on any atom is -0.321 e. The van der Waals surface area contributed by atoms with Crippen LogP contribution < -0.4 is 20.4 Å². The summed E-state index contributed by atoms with van der Waals surface area (Å²) in [6, 6.07) is 13.1. The summed E-state index contributed by atoms with van der Waals surface area (Å²) in [6.45, 7) is 8.41. The minimum atomic E-state index is -0.00135. The highest BCUT2D eigenvalue weighted by Gasteiger charge is 2.26. The van der Waals surface area contributed by atoms with Gasteiger partial charge in [0.1, 0.15) is 26.2 Å². The second-order valence-corrected chi connectivity index (χ2v) is 8.16. The monoisotopic (exact) mass is 416 g/mol. The second-order valence-electron chi connectivity index (χ2n) is 7.72. The molecular formula is C22H29ClN4O2+2. The molecule has 0 aliphatic carbocycles. The van der Waals surface area contributed by atoms with E-state index in [0.717, 1.165) is 48.7 Å². The lowest BCUT2D eigenvalue weighted by Crippen LogP contribution is -3.28. The van der Waals surface area contributed by atoms with Gasteiger partial charge in [-0.2, -0.15) is 0 Å². The standard InChI is InChI=1S/C22H27ClN4O2/c1-16-4-3-5-17(2)22(16)25-21(29)15-27-12-10-26(11-13-27)14-20(28)24-19-8-6-18(23)7-9-19/h3-9H,10-15H2,1-2H3,(H,24,28)(H,25,29)/p+2. The molecule has 1 aliphatic heterocycles. The van der Waals surface area contributed by atoms with Gasteiger partial charge in [-0.15, -0.1) is 0 Å². The maximum atomic E-state index is 12.5. The minimum absolute atomic E-state index is 0.00135. The van der Waals surface area contributed by atoms with Gasteiger partial charge in [-0.05, 0) is 49.2 Å². The fourth-order valence-electron chi connectivity index (χ4n) is 3.70. The Hall–Kier alpha value is -2.41. The molecule has 2 aromatic carbocycles. The third-order valence-corrected chi connectivity index (χ3v) is 5.61. The first-order valence-corrected chi connectivity index (χ1v) is 10.4. The zero-order chi connectivity index (χ0) is 20.8. The van der Waals surface area contributed by atoms with E-state index in [2.05, 4.69) is 10.6 Å². The van der Waals surface area contributed by atoms with Crippen LogP contribution >= 0.6 is 11.6 Å². The number of amides is 2. The molecule has 1 fully saturated rings. The number of rotatable bonds is 6. The summed E-state index contributed by atoms with van der Waals surface area (Å²) in [5.41, 5.74) is 3.83. The van der Waals surface area contributed by atoms with Crippen molar-refractivity contribution in [2.24, 2.45) is 0 Å². The van der Waals surface area contributed by atoms with E-state index >= 15 is 0 Å². The zero-order valence-corrected chi connectivity index (χ0v) is 17.7. The number of quaternary nitrogens is 2. The molecule has 1 aliphatic rings. The number of halogens is 1. The Morgan fingerprint density at radius 3 is 1.83 bits per heavy atom. The molecule has 1 heterocycles. The third-order valence-electron chi connectivity index (χ3n) is 5.36. The Morgan fingerprint density at radius 2 is 1.31 bits per heavy atom. The third kappa shape index (κ3) is 6.29. The number of carbonyl (C=O) groups is 2. The van der Waals surface area contributed by atoms with Crippen LogP contribution in [0, 0.1) is 13.8 Å². The van der Waals surface area contributed by atoms with E-state index in [1.54, 1.807) is 24.3 Å². The van der Waals surface area contributed by atoms with Gasteiger partial charge in [0.05, 0.1) is 0 Å². The van der Waals surface area contributed by atoms with Crippen molar-refractivity contribution in [3.05, 3.63) is 58.6 Å². The van der Waals surface area contributed by atoms with Crippen LogP contribution in [0.1, 0.15) is 11.1 Å². The molecule has 0 aromatic heterocycles. The van der Waals surface area contributed by atoms with Crippen molar-refractivity contribution in [2.45, 2.75) is 13.8 Å². The van der Waals surface area contributed by atoms with Crippen LogP contribution in [-0.4, -0.2) is 51.1 Å². The van der Waals surface area contributed by atoms with Crippen LogP contribution in [0.2, 0.25) is 5.02 Å². The molecule has 2 amide bonds. The molecule has 0 spiro atoms. The van der Waals surface area contributed by atoms with Gasteiger partial charge >= 0.3 is 0 Å². The fourth-order valence-corrected chi connectivity index (χ4v) is 3.82. The van der Waals surface area contributed by atoms with Gasteiger partial charge in [0.15, 0.2) is 13.1 Å². The molecule has 154 valence electrons. The zero-order valence-electron chi connectivity index (χ0n) is 17.0. The first-order chi connectivity index (χ1) is 13.9. The summed E-state index contributed by atoms with van der Waals surface area (Å²) in [5, 5.41) is 6.62. The Labute approximate surface area is 176 Å². The van der Waals surface area contributed by atoms with Crippen molar-refractivity contribution < 1.29 is 19.4 Å². The quantitative estimate of drug-likeness (QED) is 0.548. The summed E-state index contributed by atoms with van der Waals surface area (Å²) in [5.74, 6) is 0.0416. The van der Waals surface area contributed by atoms with E-state index in [1.165, 1.54) is 9.80 Å². The number of benzene rings is 2. The van der Waals surface area contributed by atoms with E-state index in [4.69, 9.17) is 11.6 Å². The van der Waals surface area contributed by atoms with Crippen LogP contribution in [0.15, 0.2) is 42.5 Å². The average Bonchev–Trinajstić information content (AvgIpc) is 2.68. The fraction of sp³-hybridized carbons (Fsp3) is 0.364. The summed E-state index contributed by atoms with van der Waals surface area (Å²) in [6.07, 6.45) is 0. The van der Waals surface area contributed by atoms with E-state index in [1.807, 2.05) is 32.0 Å². The lowest BCUT2D eigenvalue weighted by Gasteiger charge is -2.29. The molecule has 7 heteroatoms. The average molecular weight is 417 g/mol. The van der Waals surface area contributed by atoms with Crippen molar-refractivity contribution in [1.29, 1.82) is 0 Å². The lowest BCUT2D eigenvalue weighted by atomic mass is 10.1. The first-order valence-electron chi connectivity index (χ1n) is 9.99. The van der Waals surface area contributed by atoms with Gasteiger partial charge in [0.2, 0.25) is 0 Å². The highest BCUT2D eigenvalue weighted by atomic mass is 35.5. The summed E-state index contributed by atoms with van der Waals surface area (Å²) >= 11 is 5.87. The van der Waals surface area contributed by atoms with Crippen molar-refractivity contribution in [1.82, 2.24) is 0 Å². The van der Waals surface area contributed by atoms with Crippen LogP contribution in [-0.2, 0) is 9.59 Å². The normalized spacial score (nSPS) is 18.9. The lowest BCUT2D eigenvalue weighted by molar-refractivity contribution is -1.00. The van der Waals surface area contributed by atoms with E-state index in [0.29, 0.717) is 18.1 Å². The van der Waals surface area contributed by atoms with Crippen LogP contribution in [0.25, 0.3) is 0 Å². The number of piperazine rings is 1. The molecule has 0 atom stereocenters. The largest absolute Gasteiger partial charge is 0.321 e. The molecule has 4 N–H and O–H groups in total. The maximum Gasteiger partial charge on any atom is 0.279 e. The van der Waals surface area contributed by atoms with Gasteiger partial charge in [0, 0.05) is 16.4 Å². The molecular weight excluding hydrogens is 388 g/mol. The van der Waals surface area contributed by atoms with Gasteiger partial charge in [-0.25, -0.2) is 0 Å². The van der Waals surface area contributed by atoms with Gasteiger partial charge < -0.3 is 20.4 Å². The predicted molar refractivity (Wildman–Crippen MR) is 116 cm³/mol. The van der Waals surface area contributed by atoms with Crippen LogP contribution in [0.3, 0.4) is 0 Å². The van der Waals surface area contributed by atoms with Crippen molar-refractivity contribution in [2.75, 3.05) is 49.9 Å². The summed E-state index contributed by atoms with van der Waals surface area (Å²) < 4.78 is 0. The SMILES string of the molecule is Cc1cccc(C)c1NC(=O)C[NH+]1CC[NH+](CC(=O)Nc2ccc(Cl)cc2)CC1. The smallest absolute Gasteiger partial charge is 0.279 e. The van der Waals surface area contributed by atoms with Gasteiger partial charge in [-0.1, -0.05) is 29.8 Å². The molecule has 6 nitrogen and oxygen atoms in total. The topological polar surface area (TPSA) is 67.1 Å². The van der Waals surface area contributed by atoms with Crippen LogP contribution in [0.5, 0.6) is 0 Å². The molecule has 3 rings (SSSR count).